The highest BCUT2D eigenvalue weighted by atomic mass is 79.9. The van der Waals surface area contributed by atoms with Crippen LogP contribution >= 0.6 is 16.1 Å². The molecule has 0 aromatic carbocycles. The molecule has 1 aliphatic heterocycles. The monoisotopic (exact) mass is 165 g/mol. The van der Waals surface area contributed by atoms with Crippen LogP contribution in [0.4, 0.5) is 4.79 Å². The van der Waals surface area contributed by atoms with Crippen molar-refractivity contribution < 1.29 is 9.53 Å². The van der Waals surface area contributed by atoms with Crippen molar-refractivity contribution in [3.8, 4) is 0 Å². The number of carbonyl (C=O) groups excluding carboxylic acids is 1. The number of cyclic esters (lactones) is 1. The predicted molar refractivity (Wildman–Crippen MR) is 27.0 cm³/mol. The first kappa shape index (κ1) is 4.90. The molecule has 40 valence electrons. The zero-order valence-corrected chi connectivity index (χ0v) is 5.14. The summed E-state index contributed by atoms with van der Waals surface area (Å²) < 4.78 is 5.86. The van der Waals surface area contributed by atoms with Crippen molar-refractivity contribution in [3.63, 3.8) is 0 Å². The second-order valence-corrected chi connectivity index (χ2v) is 2.06. The second-order valence-electron chi connectivity index (χ2n) is 1.20. The highest BCUT2D eigenvalue weighted by molar-refractivity contribution is 9.07. The van der Waals surface area contributed by atoms with Gasteiger partial charge >= 0.3 is 6.09 Å². The SMILES string of the molecule is O=C1OCCN1Br. The van der Waals surface area contributed by atoms with E-state index < -0.39 is 0 Å². The Morgan fingerprint density at radius 1 is 1.86 bits per heavy atom. The van der Waals surface area contributed by atoms with Gasteiger partial charge in [0.2, 0.25) is 0 Å². The summed E-state index contributed by atoms with van der Waals surface area (Å²) in [4.78, 5) is 10.2. The van der Waals surface area contributed by atoms with Crippen LogP contribution in [0.3, 0.4) is 0 Å². The van der Waals surface area contributed by atoms with Gasteiger partial charge in [0.25, 0.3) is 0 Å². The quantitative estimate of drug-likeness (QED) is 0.497. The molecule has 0 aromatic heterocycles. The van der Waals surface area contributed by atoms with Crippen molar-refractivity contribution >= 4 is 22.2 Å². The third kappa shape index (κ3) is 0.851. The Balaban J connectivity index is 2.48. The van der Waals surface area contributed by atoms with E-state index in [1.807, 2.05) is 0 Å². The van der Waals surface area contributed by atoms with Crippen molar-refractivity contribution in [2.45, 2.75) is 0 Å². The molecule has 0 bridgehead atoms. The fraction of sp³-hybridized carbons (Fsp3) is 0.667. The molecule has 0 aromatic rings. The van der Waals surface area contributed by atoms with Crippen LogP contribution in [0, 0.1) is 0 Å². The molecule has 0 atom stereocenters. The van der Waals surface area contributed by atoms with Crippen molar-refractivity contribution in [2.24, 2.45) is 0 Å². The standard InChI is InChI=1S/C3H4BrNO2/c4-5-1-2-7-3(5)6/h1-2H2. The number of hydrogen-bond donors (Lipinski definition) is 0. The maximum absolute atomic E-state index is 10.2. The molecule has 1 amide bonds. The lowest BCUT2D eigenvalue weighted by Gasteiger charge is -1.95. The Bertz CT molecular complexity index is 94.9. The predicted octanol–water partition coefficient (Wildman–Crippen LogP) is 0.749. The molecule has 3 nitrogen and oxygen atoms in total. The minimum atomic E-state index is -0.292. The van der Waals surface area contributed by atoms with Gasteiger partial charge in [-0.2, -0.15) is 0 Å². The molecule has 4 heteroatoms. The second kappa shape index (κ2) is 1.69. The van der Waals surface area contributed by atoms with E-state index in [1.165, 1.54) is 3.93 Å². The molecular formula is C3H4BrNO2. The van der Waals surface area contributed by atoms with Crippen LogP contribution in [0.2, 0.25) is 0 Å². The number of carbonyl (C=O) groups is 1. The summed E-state index contributed by atoms with van der Waals surface area (Å²) in [6, 6.07) is 0. The molecule has 0 saturated carbocycles. The van der Waals surface area contributed by atoms with E-state index >= 15 is 0 Å². The number of amides is 1. The Morgan fingerprint density at radius 2 is 2.57 bits per heavy atom. The van der Waals surface area contributed by atoms with Gasteiger partial charge in [0.15, 0.2) is 0 Å². The van der Waals surface area contributed by atoms with E-state index in [-0.39, 0.29) is 6.09 Å². The number of nitrogens with zero attached hydrogens (tertiary/aromatic N) is 1. The molecule has 1 fully saturated rings. The van der Waals surface area contributed by atoms with Crippen LogP contribution in [0.5, 0.6) is 0 Å². The summed E-state index contributed by atoms with van der Waals surface area (Å²) in [5, 5.41) is 0. The fourth-order valence-electron chi connectivity index (χ4n) is 0.374. The fourth-order valence-corrected chi connectivity index (χ4v) is 0.622. The van der Waals surface area contributed by atoms with Crippen LogP contribution in [0.25, 0.3) is 0 Å². The van der Waals surface area contributed by atoms with E-state index in [0.29, 0.717) is 13.2 Å². The first-order valence-corrected chi connectivity index (χ1v) is 2.62. The maximum Gasteiger partial charge on any atom is 0.420 e. The summed E-state index contributed by atoms with van der Waals surface area (Å²) in [5.41, 5.74) is 0. The van der Waals surface area contributed by atoms with Gasteiger partial charge < -0.3 is 4.74 Å². The molecule has 1 aliphatic rings. The smallest absolute Gasteiger partial charge is 0.420 e. The summed E-state index contributed by atoms with van der Waals surface area (Å²) >= 11 is 2.96. The van der Waals surface area contributed by atoms with Gasteiger partial charge in [-0.05, 0) is 0 Å². The van der Waals surface area contributed by atoms with Crippen LogP contribution in [0.1, 0.15) is 0 Å². The third-order valence-electron chi connectivity index (χ3n) is 0.711. The largest absolute Gasteiger partial charge is 0.447 e. The van der Waals surface area contributed by atoms with Crippen molar-refractivity contribution in [3.05, 3.63) is 0 Å². The molecule has 0 spiro atoms. The lowest BCUT2D eigenvalue weighted by atomic mass is 10.7. The molecule has 0 radical (unpaired) electrons. The molecular weight excluding hydrogens is 162 g/mol. The summed E-state index contributed by atoms with van der Waals surface area (Å²) in [7, 11) is 0. The van der Waals surface area contributed by atoms with Crippen LogP contribution < -0.4 is 0 Å². The zero-order chi connectivity index (χ0) is 5.28. The summed E-state index contributed by atoms with van der Waals surface area (Å²) in [5.74, 6) is 0. The maximum atomic E-state index is 10.2. The highest BCUT2D eigenvalue weighted by Gasteiger charge is 2.17. The number of halogens is 1. The van der Waals surface area contributed by atoms with Gasteiger partial charge in [-0.1, -0.05) is 0 Å². The third-order valence-corrected chi connectivity index (χ3v) is 1.36. The van der Waals surface area contributed by atoms with Gasteiger partial charge in [0.05, 0.1) is 22.7 Å². The van der Waals surface area contributed by atoms with E-state index in [4.69, 9.17) is 0 Å². The normalized spacial score (nSPS) is 20.1. The molecule has 0 N–H and O–H groups in total. The molecule has 1 rings (SSSR count). The van der Waals surface area contributed by atoms with E-state index in [0.717, 1.165) is 0 Å². The van der Waals surface area contributed by atoms with Gasteiger partial charge in [0, 0.05) is 0 Å². The topological polar surface area (TPSA) is 29.5 Å². The molecule has 0 unspecified atom stereocenters. The molecule has 1 saturated heterocycles. The average Bonchev–Trinajstić information content (AvgIpc) is 1.91. The lowest BCUT2D eigenvalue weighted by molar-refractivity contribution is 0.171. The van der Waals surface area contributed by atoms with Crippen LogP contribution in [0.15, 0.2) is 0 Å². The van der Waals surface area contributed by atoms with Gasteiger partial charge in [-0.15, -0.1) is 0 Å². The molecule has 7 heavy (non-hydrogen) atoms. The van der Waals surface area contributed by atoms with E-state index in [2.05, 4.69) is 20.9 Å². The Labute approximate surface area is 49.6 Å². The number of ether oxygens (including phenoxy) is 1. The highest BCUT2D eigenvalue weighted by Crippen LogP contribution is 2.06. The van der Waals surface area contributed by atoms with Crippen LogP contribution in [-0.4, -0.2) is 23.2 Å². The van der Waals surface area contributed by atoms with Crippen LogP contribution in [-0.2, 0) is 4.74 Å². The first-order valence-electron chi connectivity index (χ1n) is 1.91. The van der Waals surface area contributed by atoms with Gasteiger partial charge in [-0.3, -0.25) is 0 Å². The van der Waals surface area contributed by atoms with Gasteiger partial charge in [0.1, 0.15) is 6.61 Å². The zero-order valence-electron chi connectivity index (χ0n) is 3.56. The molecule has 1 heterocycles. The van der Waals surface area contributed by atoms with Crippen molar-refractivity contribution in [1.29, 1.82) is 0 Å². The van der Waals surface area contributed by atoms with E-state index in [9.17, 15) is 4.79 Å². The number of hydrogen-bond acceptors (Lipinski definition) is 2. The Morgan fingerprint density at radius 3 is 2.71 bits per heavy atom. The summed E-state index contributed by atoms with van der Waals surface area (Å²) in [6.45, 7) is 1.16. The minimum absolute atomic E-state index is 0.292. The summed E-state index contributed by atoms with van der Waals surface area (Å²) in [6.07, 6.45) is -0.292. The first-order chi connectivity index (χ1) is 3.30. The van der Waals surface area contributed by atoms with Gasteiger partial charge in [-0.25, -0.2) is 8.72 Å². The Kier molecular flexibility index (Phi) is 1.19. The van der Waals surface area contributed by atoms with E-state index in [1.54, 1.807) is 0 Å². The molecule has 0 aliphatic carbocycles. The van der Waals surface area contributed by atoms with Crippen molar-refractivity contribution in [2.75, 3.05) is 13.2 Å². The number of rotatable bonds is 0. The lowest BCUT2D eigenvalue weighted by Crippen LogP contribution is -2.09. The van der Waals surface area contributed by atoms with Crippen molar-refractivity contribution in [1.82, 2.24) is 3.93 Å². The minimum Gasteiger partial charge on any atom is -0.447 e. The average molecular weight is 166 g/mol. The Hall–Kier alpha value is -0.250.